The van der Waals surface area contributed by atoms with E-state index in [1.807, 2.05) is 30.3 Å². The second kappa shape index (κ2) is 5.03. The van der Waals surface area contributed by atoms with Crippen molar-refractivity contribution < 1.29 is 0 Å². The van der Waals surface area contributed by atoms with Crippen LogP contribution in [0.2, 0.25) is 5.02 Å². The molecule has 3 N–H and O–H groups in total. The number of hydrogen-bond acceptors (Lipinski definition) is 2. The quantitative estimate of drug-likeness (QED) is 0.768. The molecule has 0 bridgehead atoms. The predicted molar refractivity (Wildman–Crippen MR) is 78.2 cm³/mol. The maximum atomic E-state index is 5.97. The lowest BCUT2D eigenvalue weighted by Crippen LogP contribution is -2.02. The average Bonchev–Trinajstić information content (AvgIpc) is 2.80. The van der Waals surface area contributed by atoms with Gasteiger partial charge in [-0.2, -0.15) is 0 Å². The summed E-state index contributed by atoms with van der Waals surface area (Å²) in [6.45, 7) is 0.544. The first-order valence-corrected chi connectivity index (χ1v) is 6.55. The van der Waals surface area contributed by atoms with Crippen molar-refractivity contribution in [2.45, 2.75) is 13.0 Å². The van der Waals surface area contributed by atoms with Gasteiger partial charge in [0.1, 0.15) is 5.82 Å². The number of rotatable bonds is 3. The fourth-order valence-corrected chi connectivity index (χ4v) is 2.40. The summed E-state index contributed by atoms with van der Waals surface area (Å²) in [7, 11) is 0. The van der Waals surface area contributed by atoms with E-state index in [9.17, 15) is 0 Å². The molecule has 0 aliphatic carbocycles. The van der Waals surface area contributed by atoms with Crippen LogP contribution in [0.1, 0.15) is 17.0 Å². The molecular formula is C15H14ClN3. The van der Waals surface area contributed by atoms with Gasteiger partial charge in [0.25, 0.3) is 0 Å². The van der Waals surface area contributed by atoms with Gasteiger partial charge in [-0.1, -0.05) is 35.9 Å². The second-order valence-electron chi connectivity index (χ2n) is 4.49. The van der Waals surface area contributed by atoms with E-state index in [0.717, 1.165) is 28.8 Å². The summed E-state index contributed by atoms with van der Waals surface area (Å²) in [5.41, 5.74) is 10.0. The van der Waals surface area contributed by atoms with E-state index < -0.39 is 0 Å². The SMILES string of the molecule is NCc1ccccc1Cc1nc2ccc(Cl)cc2[nH]1. The van der Waals surface area contributed by atoms with Gasteiger partial charge < -0.3 is 10.7 Å². The van der Waals surface area contributed by atoms with Crippen LogP contribution in [0.3, 0.4) is 0 Å². The molecule has 3 aromatic rings. The first kappa shape index (κ1) is 12.2. The number of aromatic amines is 1. The summed E-state index contributed by atoms with van der Waals surface area (Å²) >= 11 is 5.97. The van der Waals surface area contributed by atoms with Crippen molar-refractivity contribution in [3.63, 3.8) is 0 Å². The second-order valence-corrected chi connectivity index (χ2v) is 4.93. The number of aromatic nitrogens is 2. The Morgan fingerprint density at radius 2 is 1.89 bits per heavy atom. The van der Waals surface area contributed by atoms with Gasteiger partial charge in [0.2, 0.25) is 0 Å². The molecule has 0 saturated carbocycles. The van der Waals surface area contributed by atoms with Crippen molar-refractivity contribution in [1.29, 1.82) is 0 Å². The fourth-order valence-electron chi connectivity index (χ4n) is 2.23. The van der Waals surface area contributed by atoms with E-state index in [1.54, 1.807) is 0 Å². The summed E-state index contributed by atoms with van der Waals surface area (Å²) < 4.78 is 0. The molecule has 0 fully saturated rings. The van der Waals surface area contributed by atoms with Gasteiger partial charge in [0.05, 0.1) is 11.0 Å². The highest BCUT2D eigenvalue weighted by Gasteiger charge is 2.06. The van der Waals surface area contributed by atoms with Gasteiger partial charge in [-0.15, -0.1) is 0 Å². The van der Waals surface area contributed by atoms with Gasteiger partial charge in [0, 0.05) is 18.0 Å². The maximum Gasteiger partial charge on any atom is 0.111 e. The number of fused-ring (bicyclic) bond motifs is 1. The van der Waals surface area contributed by atoms with Crippen LogP contribution in [0.5, 0.6) is 0 Å². The van der Waals surface area contributed by atoms with Crippen LogP contribution in [-0.2, 0) is 13.0 Å². The van der Waals surface area contributed by atoms with Gasteiger partial charge in [0.15, 0.2) is 0 Å². The van der Waals surface area contributed by atoms with Crippen molar-refractivity contribution in [1.82, 2.24) is 9.97 Å². The summed E-state index contributed by atoms with van der Waals surface area (Å²) in [5, 5.41) is 0.713. The van der Waals surface area contributed by atoms with E-state index in [-0.39, 0.29) is 0 Å². The lowest BCUT2D eigenvalue weighted by molar-refractivity contribution is 0.978. The van der Waals surface area contributed by atoms with Gasteiger partial charge in [-0.25, -0.2) is 4.98 Å². The number of nitrogens with one attached hydrogen (secondary N) is 1. The Kier molecular flexibility index (Phi) is 3.23. The number of H-pyrrole nitrogens is 1. The van der Waals surface area contributed by atoms with Crippen molar-refractivity contribution in [3.05, 3.63) is 64.4 Å². The topological polar surface area (TPSA) is 54.7 Å². The molecule has 2 aromatic carbocycles. The van der Waals surface area contributed by atoms with Crippen LogP contribution in [0.25, 0.3) is 11.0 Å². The van der Waals surface area contributed by atoms with E-state index in [2.05, 4.69) is 22.1 Å². The lowest BCUT2D eigenvalue weighted by atomic mass is 10.0. The average molecular weight is 272 g/mol. The lowest BCUT2D eigenvalue weighted by Gasteiger charge is -2.05. The summed E-state index contributed by atoms with van der Waals surface area (Å²) in [5.74, 6) is 0.929. The van der Waals surface area contributed by atoms with Crippen LogP contribution in [0.15, 0.2) is 42.5 Å². The molecule has 3 nitrogen and oxygen atoms in total. The minimum atomic E-state index is 0.544. The molecule has 0 spiro atoms. The Morgan fingerprint density at radius 3 is 2.68 bits per heavy atom. The maximum absolute atomic E-state index is 5.97. The number of hydrogen-bond donors (Lipinski definition) is 2. The molecule has 0 saturated heterocycles. The minimum absolute atomic E-state index is 0.544. The first-order chi connectivity index (χ1) is 9.26. The van der Waals surface area contributed by atoms with Crippen LogP contribution in [0.4, 0.5) is 0 Å². The van der Waals surface area contributed by atoms with E-state index in [4.69, 9.17) is 17.3 Å². The molecule has 1 heterocycles. The van der Waals surface area contributed by atoms with Crippen LogP contribution >= 0.6 is 11.6 Å². The highest BCUT2D eigenvalue weighted by molar-refractivity contribution is 6.31. The number of imidazole rings is 1. The molecular weight excluding hydrogens is 258 g/mol. The minimum Gasteiger partial charge on any atom is -0.342 e. The van der Waals surface area contributed by atoms with E-state index >= 15 is 0 Å². The molecule has 0 unspecified atom stereocenters. The largest absolute Gasteiger partial charge is 0.342 e. The third-order valence-corrected chi connectivity index (χ3v) is 3.42. The van der Waals surface area contributed by atoms with Gasteiger partial charge in [-0.05, 0) is 29.3 Å². The monoisotopic (exact) mass is 271 g/mol. The Balaban J connectivity index is 1.96. The molecule has 0 aliphatic rings. The van der Waals surface area contributed by atoms with Gasteiger partial charge >= 0.3 is 0 Å². The van der Waals surface area contributed by atoms with Crippen LogP contribution in [-0.4, -0.2) is 9.97 Å². The molecule has 0 radical (unpaired) electrons. The zero-order valence-corrected chi connectivity index (χ0v) is 11.1. The van der Waals surface area contributed by atoms with Crippen molar-refractivity contribution in [2.24, 2.45) is 5.73 Å². The molecule has 1 aromatic heterocycles. The number of benzene rings is 2. The normalized spacial score (nSPS) is 11.1. The standard InChI is InChI=1S/C15H14ClN3/c16-12-5-6-13-14(8-12)19-15(18-13)7-10-3-1-2-4-11(10)9-17/h1-6,8H,7,9,17H2,(H,18,19). The smallest absolute Gasteiger partial charge is 0.111 e. The molecule has 0 atom stereocenters. The van der Waals surface area contributed by atoms with Crippen molar-refractivity contribution in [3.8, 4) is 0 Å². The van der Waals surface area contributed by atoms with Crippen molar-refractivity contribution in [2.75, 3.05) is 0 Å². The third-order valence-electron chi connectivity index (χ3n) is 3.19. The fraction of sp³-hybridized carbons (Fsp3) is 0.133. The Bertz CT molecular complexity index is 718. The first-order valence-electron chi connectivity index (χ1n) is 6.17. The van der Waals surface area contributed by atoms with Crippen LogP contribution < -0.4 is 5.73 Å². The number of nitrogens with zero attached hydrogens (tertiary/aromatic N) is 1. The Hall–Kier alpha value is -1.84. The molecule has 19 heavy (non-hydrogen) atoms. The van der Waals surface area contributed by atoms with Gasteiger partial charge in [-0.3, -0.25) is 0 Å². The molecule has 3 rings (SSSR count). The highest BCUT2D eigenvalue weighted by atomic mass is 35.5. The van der Waals surface area contributed by atoms with Crippen molar-refractivity contribution >= 4 is 22.6 Å². The predicted octanol–water partition coefficient (Wildman–Crippen LogP) is 3.27. The zero-order valence-electron chi connectivity index (χ0n) is 10.4. The van der Waals surface area contributed by atoms with Crippen LogP contribution in [0, 0.1) is 0 Å². The third kappa shape index (κ3) is 2.48. The molecule has 0 amide bonds. The molecule has 0 aliphatic heterocycles. The summed E-state index contributed by atoms with van der Waals surface area (Å²) in [4.78, 5) is 7.87. The molecule has 96 valence electrons. The number of halogens is 1. The van der Waals surface area contributed by atoms with E-state index in [1.165, 1.54) is 5.56 Å². The number of nitrogens with two attached hydrogens (primary N) is 1. The zero-order chi connectivity index (χ0) is 13.2. The molecule has 4 heteroatoms. The van der Waals surface area contributed by atoms with E-state index in [0.29, 0.717) is 11.6 Å². The summed E-state index contributed by atoms with van der Waals surface area (Å²) in [6.07, 6.45) is 0.750. The Labute approximate surface area is 116 Å². The summed E-state index contributed by atoms with van der Waals surface area (Å²) in [6, 6.07) is 13.8. The Morgan fingerprint density at radius 1 is 1.11 bits per heavy atom. The highest BCUT2D eigenvalue weighted by Crippen LogP contribution is 2.19.